The van der Waals surface area contributed by atoms with Crippen molar-refractivity contribution in [3.63, 3.8) is 0 Å². The van der Waals surface area contributed by atoms with Crippen molar-refractivity contribution < 1.29 is 0 Å². The van der Waals surface area contributed by atoms with Crippen LogP contribution in [0.4, 0.5) is 0 Å². The smallest absolute Gasteiger partial charge is 0.0619 e. The Balaban J connectivity index is 1.30. The van der Waals surface area contributed by atoms with E-state index in [2.05, 4.69) is 133 Å². The van der Waals surface area contributed by atoms with Crippen molar-refractivity contribution in [1.82, 2.24) is 0 Å². The zero-order chi connectivity index (χ0) is 24.8. The normalized spacial score (nSPS) is 14.4. The Labute approximate surface area is 222 Å². The van der Waals surface area contributed by atoms with E-state index in [0.29, 0.717) is 0 Å². The van der Waals surface area contributed by atoms with E-state index in [4.69, 9.17) is 0 Å². The molecule has 38 heavy (non-hydrogen) atoms. The first kappa shape index (κ1) is 20.4. The van der Waals surface area contributed by atoms with E-state index >= 15 is 0 Å². The van der Waals surface area contributed by atoms with E-state index in [1.807, 2.05) is 0 Å². The van der Waals surface area contributed by atoms with Crippen molar-refractivity contribution in [3.05, 3.63) is 167 Å². The Bertz CT molecular complexity index is 1910. The second-order valence-electron chi connectivity index (χ2n) is 10.9. The maximum atomic E-state index is 2.44. The third-order valence-electron chi connectivity index (χ3n) is 9.13. The monoisotopic (exact) mass is 480 g/mol. The number of hydrogen-bond acceptors (Lipinski definition) is 0. The molecule has 0 radical (unpaired) electrons. The van der Waals surface area contributed by atoms with Crippen LogP contribution in [-0.4, -0.2) is 0 Å². The quantitative estimate of drug-likeness (QED) is 0.220. The summed E-state index contributed by atoms with van der Waals surface area (Å²) in [7, 11) is 0. The summed E-state index contributed by atoms with van der Waals surface area (Å²) in [5.41, 5.74) is 18.9. The zero-order valence-corrected chi connectivity index (χ0v) is 20.9. The van der Waals surface area contributed by atoms with E-state index in [1.165, 1.54) is 77.9 Å². The minimum atomic E-state index is -0.269. The molecule has 6 aromatic rings. The number of fused-ring (bicyclic) bond motifs is 13. The number of benzene rings is 6. The number of rotatable bonds is 1. The van der Waals surface area contributed by atoms with Gasteiger partial charge in [-0.25, -0.2) is 0 Å². The third-order valence-corrected chi connectivity index (χ3v) is 9.13. The van der Waals surface area contributed by atoms with Crippen molar-refractivity contribution in [3.8, 4) is 44.5 Å². The Morgan fingerprint density at radius 3 is 1.45 bits per heavy atom. The maximum absolute atomic E-state index is 2.44. The van der Waals surface area contributed by atoms with Crippen molar-refractivity contribution in [1.29, 1.82) is 0 Å². The molecule has 3 aliphatic rings. The molecule has 176 valence electrons. The fraction of sp³-hybridized carbons (Fsp3) is 0.0526. The average Bonchev–Trinajstić information content (AvgIpc) is 3.60. The molecule has 0 heterocycles. The molecule has 6 aromatic carbocycles. The molecule has 0 aliphatic heterocycles. The van der Waals surface area contributed by atoms with Gasteiger partial charge in [-0.15, -0.1) is 0 Å². The number of hydrogen-bond donors (Lipinski definition) is 0. The summed E-state index contributed by atoms with van der Waals surface area (Å²) in [5.74, 6) is 0. The summed E-state index contributed by atoms with van der Waals surface area (Å²) >= 11 is 0. The lowest BCUT2D eigenvalue weighted by atomic mass is 9.70. The summed E-state index contributed by atoms with van der Waals surface area (Å²) < 4.78 is 0. The highest BCUT2D eigenvalue weighted by molar-refractivity contribution is 5.96. The first-order valence-electron chi connectivity index (χ1n) is 13.5. The summed E-state index contributed by atoms with van der Waals surface area (Å²) in [6.45, 7) is 0. The highest BCUT2D eigenvalue weighted by Crippen LogP contribution is 2.62. The largest absolute Gasteiger partial charge is 0.0725 e. The second kappa shape index (κ2) is 7.21. The van der Waals surface area contributed by atoms with E-state index in [9.17, 15) is 0 Å². The van der Waals surface area contributed by atoms with Crippen LogP contribution in [0.2, 0.25) is 0 Å². The Kier molecular flexibility index (Phi) is 3.87. The molecule has 3 aliphatic carbocycles. The van der Waals surface area contributed by atoms with Crippen LogP contribution >= 0.6 is 0 Å². The van der Waals surface area contributed by atoms with Crippen LogP contribution in [-0.2, 0) is 11.8 Å². The fourth-order valence-corrected chi connectivity index (χ4v) is 7.58. The van der Waals surface area contributed by atoms with Gasteiger partial charge >= 0.3 is 0 Å². The first-order valence-corrected chi connectivity index (χ1v) is 13.5. The molecule has 0 amide bonds. The van der Waals surface area contributed by atoms with Gasteiger partial charge in [-0.05, 0) is 96.4 Å². The van der Waals surface area contributed by atoms with Crippen LogP contribution in [0.3, 0.4) is 0 Å². The Morgan fingerprint density at radius 1 is 0.342 bits per heavy atom. The van der Waals surface area contributed by atoms with Gasteiger partial charge in [0.25, 0.3) is 0 Å². The van der Waals surface area contributed by atoms with Gasteiger partial charge in [-0.3, -0.25) is 0 Å². The molecule has 0 saturated carbocycles. The Morgan fingerprint density at radius 2 is 0.789 bits per heavy atom. The molecule has 0 atom stereocenters. The third kappa shape index (κ3) is 2.41. The van der Waals surface area contributed by atoms with E-state index < -0.39 is 0 Å². The Hall–Kier alpha value is -4.68. The lowest BCUT2D eigenvalue weighted by molar-refractivity contribution is 0.794. The van der Waals surface area contributed by atoms with Crippen LogP contribution in [0.25, 0.3) is 44.5 Å². The van der Waals surface area contributed by atoms with Crippen molar-refractivity contribution in [2.75, 3.05) is 0 Å². The molecule has 0 bridgehead atoms. The van der Waals surface area contributed by atoms with Gasteiger partial charge in [-0.1, -0.05) is 121 Å². The summed E-state index contributed by atoms with van der Waals surface area (Å²) in [6, 6.07) is 50.1. The molecule has 0 unspecified atom stereocenters. The first-order chi connectivity index (χ1) is 18.8. The minimum absolute atomic E-state index is 0.269. The highest BCUT2D eigenvalue weighted by atomic mass is 14.5. The minimum Gasteiger partial charge on any atom is -0.0619 e. The summed E-state index contributed by atoms with van der Waals surface area (Å²) in [6.07, 6.45) is 1.03. The van der Waals surface area contributed by atoms with Gasteiger partial charge in [0.2, 0.25) is 0 Å². The van der Waals surface area contributed by atoms with Crippen LogP contribution in [0.1, 0.15) is 33.4 Å². The lowest BCUT2D eigenvalue weighted by Gasteiger charge is -2.30. The van der Waals surface area contributed by atoms with Crippen LogP contribution < -0.4 is 0 Å². The standard InChI is InChI=1S/C38H24/c1-2-10-28-26(9-1)21-27-18-17-24(22-32(27)28)25-19-20-37-33(23-25)31-13-5-8-16-36(31)38(37)34-14-6-3-11-29(34)30-12-4-7-15-35(30)38/h1-20,22-23H,21H2. The summed E-state index contributed by atoms with van der Waals surface area (Å²) in [4.78, 5) is 0. The molecule has 0 heteroatoms. The van der Waals surface area contributed by atoms with Crippen molar-refractivity contribution in [2.24, 2.45) is 0 Å². The molecule has 0 aromatic heterocycles. The van der Waals surface area contributed by atoms with E-state index in [1.54, 1.807) is 0 Å². The van der Waals surface area contributed by atoms with Gasteiger partial charge in [0.1, 0.15) is 0 Å². The second-order valence-corrected chi connectivity index (χ2v) is 10.9. The SMILES string of the molecule is c1ccc2c(c1)Cc1ccc(-c3ccc4c(c3)-c3ccccc3C43c4ccccc4-c4ccccc43)cc1-2. The molecule has 0 fully saturated rings. The van der Waals surface area contributed by atoms with Gasteiger partial charge in [0.05, 0.1) is 5.41 Å². The lowest BCUT2D eigenvalue weighted by Crippen LogP contribution is -2.25. The predicted molar refractivity (Wildman–Crippen MR) is 156 cm³/mol. The topological polar surface area (TPSA) is 0 Å². The predicted octanol–water partition coefficient (Wildman–Crippen LogP) is 9.27. The molecule has 0 nitrogen and oxygen atoms in total. The van der Waals surface area contributed by atoms with Crippen molar-refractivity contribution >= 4 is 0 Å². The molecule has 0 saturated heterocycles. The molecule has 0 N–H and O–H groups in total. The maximum Gasteiger partial charge on any atom is 0.0725 e. The molecular formula is C38H24. The van der Waals surface area contributed by atoms with Gasteiger partial charge in [-0.2, -0.15) is 0 Å². The summed E-state index contributed by atoms with van der Waals surface area (Å²) in [5, 5.41) is 0. The van der Waals surface area contributed by atoms with Crippen LogP contribution in [0.5, 0.6) is 0 Å². The fourth-order valence-electron chi connectivity index (χ4n) is 7.58. The average molecular weight is 481 g/mol. The van der Waals surface area contributed by atoms with Gasteiger partial charge in [0, 0.05) is 0 Å². The van der Waals surface area contributed by atoms with Gasteiger partial charge < -0.3 is 0 Å². The molecular weight excluding hydrogens is 456 g/mol. The van der Waals surface area contributed by atoms with Crippen LogP contribution in [0.15, 0.2) is 133 Å². The van der Waals surface area contributed by atoms with E-state index in [-0.39, 0.29) is 5.41 Å². The molecule has 1 spiro atoms. The van der Waals surface area contributed by atoms with Crippen LogP contribution in [0, 0.1) is 0 Å². The highest BCUT2D eigenvalue weighted by Gasteiger charge is 2.51. The molecule has 9 rings (SSSR count). The van der Waals surface area contributed by atoms with E-state index in [0.717, 1.165) is 6.42 Å². The van der Waals surface area contributed by atoms with Crippen molar-refractivity contribution in [2.45, 2.75) is 11.8 Å². The van der Waals surface area contributed by atoms with Gasteiger partial charge in [0.15, 0.2) is 0 Å². The zero-order valence-electron chi connectivity index (χ0n) is 20.9.